The average molecular weight is 239 g/mol. The van der Waals surface area contributed by atoms with E-state index in [2.05, 4.69) is 11.6 Å². The third-order valence-corrected chi connectivity index (χ3v) is 1.16. The van der Waals surface area contributed by atoms with Gasteiger partial charge in [0, 0.05) is 0 Å². The van der Waals surface area contributed by atoms with Gasteiger partial charge in [-0.3, -0.25) is 10.2 Å². The summed E-state index contributed by atoms with van der Waals surface area (Å²) in [5.74, 6) is -7.77. The Morgan fingerprint density at radius 1 is 1.14 bits per heavy atom. The molecule has 0 fully saturated rings. The van der Waals surface area contributed by atoms with Gasteiger partial charge in [0.1, 0.15) is 0 Å². The van der Waals surface area contributed by atoms with Crippen molar-refractivity contribution >= 4 is 23.6 Å². The van der Waals surface area contributed by atoms with Crippen molar-refractivity contribution in [2.45, 2.75) is 11.3 Å². The molecule has 0 unspecified atom stereocenters. The largest absolute Gasteiger partial charge is 0.464 e. The Bertz CT molecular complexity index is 253. The molecule has 0 bridgehead atoms. The molecule has 0 aromatic heterocycles. The molecule has 0 spiro atoms. The molecule has 3 N–H and O–H groups in total. The van der Waals surface area contributed by atoms with Crippen LogP contribution in [0.25, 0.3) is 0 Å². The Morgan fingerprint density at radius 2 is 1.57 bits per heavy atom. The van der Waals surface area contributed by atoms with Gasteiger partial charge in [0.25, 0.3) is 0 Å². The molecular formula is C4H3ClF4N2O3. The summed E-state index contributed by atoms with van der Waals surface area (Å²) in [6.07, 6.45) is -1.90. The molecule has 82 valence electrons. The van der Waals surface area contributed by atoms with E-state index in [1.165, 1.54) is 0 Å². The lowest BCUT2D eigenvalue weighted by Crippen LogP contribution is -2.54. The first-order valence-electron chi connectivity index (χ1n) is 2.83. The Morgan fingerprint density at radius 3 is 1.86 bits per heavy atom. The monoisotopic (exact) mass is 238 g/mol. The maximum atomic E-state index is 12.2. The maximum Gasteiger partial charge on any atom is 0.423 e. The second-order valence-electron chi connectivity index (χ2n) is 1.96. The third kappa shape index (κ3) is 2.91. The Kier molecular flexibility index (Phi) is 3.52. The molecule has 0 radical (unpaired) electrons. The number of carboxylic acid groups (broad SMARTS) is 1. The molecule has 2 amide bonds. The van der Waals surface area contributed by atoms with Crippen molar-refractivity contribution in [3.05, 3.63) is 0 Å². The van der Waals surface area contributed by atoms with Gasteiger partial charge in [-0.25, -0.2) is 10.2 Å². The van der Waals surface area contributed by atoms with E-state index >= 15 is 0 Å². The number of hydrogen-bond acceptors (Lipinski definition) is 2. The third-order valence-electron chi connectivity index (χ3n) is 0.924. The summed E-state index contributed by atoms with van der Waals surface area (Å²) in [4.78, 5) is 20.0. The molecule has 0 saturated heterocycles. The number of alkyl halides is 5. The molecule has 5 nitrogen and oxygen atoms in total. The van der Waals surface area contributed by atoms with Gasteiger partial charge >= 0.3 is 23.3 Å². The topological polar surface area (TPSA) is 78.4 Å². The van der Waals surface area contributed by atoms with Crippen LogP contribution >= 0.6 is 11.6 Å². The van der Waals surface area contributed by atoms with Crippen LogP contribution in [-0.4, -0.2) is 28.4 Å². The number of hydrazine groups is 1. The lowest BCUT2D eigenvalue weighted by atomic mass is 10.3. The van der Waals surface area contributed by atoms with Gasteiger partial charge in [-0.15, -0.1) is 0 Å². The Hall–Kier alpha value is -1.25. The number of rotatable bonds is 2. The quantitative estimate of drug-likeness (QED) is 0.377. The number of carbonyl (C=O) groups excluding carboxylic acids is 1. The van der Waals surface area contributed by atoms with Crippen LogP contribution in [0.5, 0.6) is 0 Å². The van der Waals surface area contributed by atoms with Gasteiger partial charge in [-0.1, -0.05) is 0 Å². The Balaban J connectivity index is 4.45. The van der Waals surface area contributed by atoms with Gasteiger partial charge in [0.2, 0.25) is 0 Å². The van der Waals surface area contributed by atoms with Crippen molar-refractivity contribution in [3.63, 3.8) is 0 Å². The van der Waals surface area contributed by atoms with Crippen molar-refractivity contribution in [2.24, 2.45) is 0 Å². The average Bonchev–Trinajstić information content (AvgIpc) is 1.97. The first kappa shape index (κ1) is 12.8. The van der Waals surface area contributed by atoms with Gasteiger partial charge in [-0.05, 0) is 11.6 Å². The van der Waals surface area contributed by atoms with Crippen molar-refractivity contribution in [1.82, 2.24) is 10.9 Å². The van der Waals surface area contributed by atoms with E-state index in [9.17, 15) is 27.2 Å². The molecule has 0 aliphatic rings. The number of carbonyl (C=O) groups is 2. The smallest absolute Gasteiger partial charge is 0.423 e. The van der Waals surface area contributed by atoms with E-state index in [1.54, 1.807) is 0 Å². The fourth-order valence-corrected chi connectivity index (χ4v) is 0.403. The summed E-state index contributed by atoms with van der Waals surface area (Å²) in [6, 6.07) is 0. The lowest BCUT2D eigenvalue weighted by molar-refractivity contribution is -0.181. The van der Waals surface area contributed by atoms with Gasteiger partial charge in [-0.2, -0.15) is 17.6 Å². The number of nitrogens with one attached hydrogen (secondary N) is 2. The zero-order chi connectivity index (χ0) is 11.6. The predicted molar refractivity (Wildman–Crippen MR) is 35.1 cm³/mol. The molecule has 0 aliphatic heterocycles. The van der Waals surface area contributed by atoms with E-state index in [1.807, 2.05) is 0 Å². The molecule has 0 aliphatic carbocycles. The van der Waals surface area contributed by atoms with Crippen molar-refractivity contribution < 1.29 is 32.3 Å². The fourth-order valence-electron chi connectivity index (χ4n) is 0.317. The van der Waals surface area contributed by atoms with Crippen LogP contribution in [0, 0.1) is 0 Å². The minimum absolute atomic E-state index is 0.826. The first-order valence-corrected chi connectivity index (χ1v) is 3.20. The molecule has 10 heteroatoms. The highest BCUT2D eigenvalue weighted by molar-refractivity contribution is 6.24. The lowest BCUT2D eigenvalue weighted by Gasteiger charge is -2.19. The normalized spacial score (nSPS) is 12.1. The maximum absolute atomic E-state index is 12.2. The zero-order valence-corrected chi connectivity index (χ0v) is 6.91. The molecule has 0 aromatic carbocycles. The summed E-state index contributed by atoms with van der Waals surface area (Å²) in [6.45, 7) is 0. The van der Waals surface area contributed by atoms with Crippen LogP contribution in [0.2, 0.25) is 0 Å². The number of amides is 2. The summed E-state index contributed by atoms with van der Waals surface area (Å²) < 4.78 is 48.2. The van der Waals surface area contributed by atoms with E-state index in [-0.39, 0.29) is 0 Å². The van der Waals surface area contributed by atoms with Crippen LogP contribution in [-0.2, 0) is 4.79 Å². The number of halogens is 5. The number of hydrogen-bond donors (Lipinski definition) is 3. The second kappa shape index (κ2) is 3.86. The predicted octanol–water partition coefficient (Wildman–Crippen LogP) is 0.752. The summed E-state index contributed by atoms with van der Waals surface area (Å²) >= 11 is 3.92. The van der Waals surface area contributed by atoms with E-state index in [0.29, 0.717) is 0 Å². The van der Waals surface area contributed by atoms with Crippen molar-refractivity contribution in [1.29, 1.82) is 0 Å². The minimum atomic E-state index is -5.21. The van der Waals surface area contributed by atoms with Crippen LogP contribution < -0.4 is 10.9 Å². The highest BCUT2D eigenvalue weighted by Crippen LogP contribution is 2.37. The van der Waals surface area contributed by atoms with E-state index in [4.69, 9.17) is 5.11 Å². The van der Waals surface area contributed by atoms with Gasteiger partial charge in [0.15, 0.2) is 0 Å². The molecule has 0 heterocycles. The SMILES string of the molecule is O=C(O)NNC(=O)C(F)(F)C(F)(F)Cl. The van der Waals surface area contributed by atoms with Gasteiger partial charge in [0.05, 0.1) is 0 Å². The standard InChI is InChI=1S/C4H3ClF4N2O3/c5-4(8,9)3(6,7)1(12)10-11-2(13)14/h11H,(H,10,12)(H,13,14). The summed E-state index contributed by atoms with van der Waals surface area (Å²) in [5.41, 5.74) is 1.79. The van der Waals surface area contributed by atoms with Crippen LogP contribution in [0.15, 0.2) is 0 Å². The molecule has 0 saturated carbocycles. The highest BCUT2D eigenvalue weighted by Gasteiger charge is 2.61. The molecule has 0 rings (SSSR count). The van der Waals surface area contributed by atoms with Crippen molar-refractivity contribution in [2.75, 3.05) is 0 Å². The molecular weight excluding hydrogens is 235 g/mol. The summed E-state index contributed by atoms with van der Waals surface area (Å²) in [7, 11) is 0. The second-order valence-corrected chi connectivity index (χ2v) is 2.43. The van der Waals surface area contributed by atoms with Crippen molar-refractivity contribution in [3.8, 4) is 0 Å². The van der Waals surface area contributed by atoms with E-state index in [0.717, 1.165) is 10.9 Å². The van der Waals surface area contributed by atoms with Crippen LogP contribution in [0.1, 0.15) is 0 Å². The zero-order valence-electron chi connectivity index (χ0n) is 6.15. The molecule has 0 aromatic rings. The molecule has 0 atom stereocenters. The fraction of sp³-hybridized carbons (Fsp3) is 0.500. The highest BCUT2D eigenvalue weighted by atomic mass is 35.5. The van der Waals surface area contributed by atoms with Gasteiger partial charge < -0.3 is 5.11 Å². The summed E-state index contributed by atoms with van der Waals surface area (Å²) in [5, 5.41) is 2.74. The van der Waals surface area contributed by atoms with E-state index < -0.39 is 23.3 Å². The van der Waals surface area contributed by atoms with Crippen LogP contribution in [0.3, 0.4) is 0 Å². The minimum Gasteiger partial charge on any atom is -0.464 e. The molecule has 14 heavy (non-hydrogen) atoms. The Labute approximate surface area is 79.0 Å². The van der Waals surface area contributed by atoms with Crippen LogP contribution in [0.4, 0.5) is 22.4 Å². The first-order chi connectivity index (χ1) is 6.09.